The lowest BCUT2D eigenvalue weighted by Gasteiger charge is -2.13. The standard InChI is InChI=1S/C17H20N4O5/c1-10(21(2)23)11-7-6-8-12(15(11)16(22)26-5)18-17-19-13(24-3)9-14(20-17)25-4/h6-9H,1-5H3,(H-,18,19,20,22,23)/p+1. The van der Waals surface area contributed by atoms with Crippen molar-refractivity contribution in [3.05, 3.63) is 35.4 Å². The van der Waals surface area contributed by atoms with Gasteiger partial charge in [0.1, 0.15) is 0 Å². The van der Waals surface area contributed by atoms with Gasteiger partial charge in [-0.2, -0.15) is 9.97 Å². The van der Waals surface area contributed by atoms with E-state index in [1.807, 2.05) is 0 Å². The van der Waals surface area contributed by atoms with Crippen LogP contribution < -0.4 is 14.8 Å². The van der Waals surface area contributed by atoms with Gasteiger partial charge in [0.2, 0.25) is 23.4 Å². The van der Waals surface area contributed by atoms with E-state index in [4.69, 9.17) is 14.2 Å². The van der Waals surface area contributed by atoms with E-state index >= 15 is 0 Å². The number of aromatic nitrogens is 2. The molecule has 138 valence electrons. The van der Waals surface area contributed by atoms with Crippen LogP contribution in [0.2, 0.25) is 0 Å². The molecule has 0 spiro atoms. The van der Waals surface area contributed by atoms with Crippen molar-refractivity contribution in [2.45, 2.75) is 6.92 Å². The quantitative estimate of drug-likeness (QED) is 0.264. The number of nitrogens with one attached hydrogen (secondary N) is 1. The van der Waals surface area contributed by atoms with E-state index in [0.717, 1.165) is 4.74 Å². The van der Waals surface area contributed by atoms with Crippen LogP contribution in [0.4, 0.5) is 11.6 Å². The molecule has 0 amide bonds. The van der Waals surface area contributed by atoms with Crippen LogP contribution in [0.15, 0.2) is 24.3 Å². The SMILES string of the molecule is COC(=O)c1c(Nc2nc(OC)cc(OC)n2)cccc1C(C)=[N+](C)O. The van der Waals surface area contributed by atoms with Crippen molar-refractivity contribution in [3.63, 3.8) is 0 Å². The first-order valence-electron chi connectivity index (χ1n) is 7.63. The predicted octanol–water partition coefficient (Wildman–Crippen LogP) is 1.86. The summed E-state index contributed by atoms with van der Waals surface area (Å²) in [5.41, 5.74) is 1.62. The maximum atomic E-state index is 12.4. The highest BCUT2D eigenvalue weighted by molar-refractivity contribution is 6.09. The first-order valence-corrected chi connectivity index (χ1v) is 7.63. The van der Waals surface area contributed by atoms with E-state index < -0.39 is 5.97 Å². The number of ether oxygens (including phenoxy) is 3. The minimum atomic E-state index is -0.570. The molecule has 1 heterocycles. The lowest BCUT2D eigenvalue weighted by atomic mass is 10.0. The van der Waals surface area contributed by atoms with E-state index in [1.165, 1.54) is 34.4 Å². The van der Waals surface area contributed by atoms with Crippen molar-refractivity contribution in [2.24, 2.45) is 0 Å². The molecular formula is C17H21N4O5+. The molecule has 0 unspecified atom stereocenters. The lowest BCUT2D eigenvalue weighted by molar-refractivity contribution is -0.754. The number of anilines is 2. The van der Waals surface area contributed by atoms with Gasteiger partial charge in [-0.1, -0.05) is 6.07 Å². The molecule has 0 saturated heterocycles. The third-order valence-electron chi connectivity index (χ3n) is 3.67. The van der Waals surface area contributed by atoms with Gasteiger partial charge in [-0.15, -0.1) is 0 Å². The van der Waals surface area contributed by atoms with Crippen molar-refractivity contribution < 1.29 is 29.0 Å². The molecule has 0 fully saturated rings. The fourth-order valence-electron chi connectivity index (χ4n) is 2.24. The Morgan fingerprint density at radius 2 is 1.77 bits per heavy atom. The van der Waals surface area contributed by atoms with Gasteiger partial charge in [0.25, 0.3) is 0 Å². The molecule has 9 nitrogen and oxygen atoms in total. The molecule has 0 aliphatic rings. The Morgan fingerprint density at radius 1 is 1.15 bits per heavy atom. The van der Waals surface area contributed by atoms with Gasteiger partial charge in [-0.3, -0.25) is 5.21 Å². The average Bonchev–Trinajstić information content (AvgIpc) is 2.66. The van der Waals surface area contributed by atoms with E-state index in [1.54, 1.807) is 25.1 Å². The number of carbonyl (C=O) groups is 1. The van der Waals surface area contributed by atoms with E-state index in [2.05, 4.69) is 15.3 Å². The molecule has 0 atom stereocenters. The highest BCUT2D eigenvalue weighted by Gasteiger charge is 2.23. The third-order valence-corrected chi connectivity index (χ3v) is 3.67. The van der Waals surface area contributed by atoms with Gasteiger partial charge >= 0.3 is 5.97 Å². The van der Waals surface area contributed by atoms with Gasteiger partial charge in [-0.25, -0.2) is 4.79 Å². The van der Waals surface area contributed by atoms with Crippen molar-refractivity contribution in [2.75, 3.05) is 33.7 Å². The molecule has 0 bridgehead atoms. The number of benzene rings is 1. The predicted molar refractivity (Wildman–Crippen MR) is 94.0 cm³/mol. The highest BCUT2D eigenvalue weighted by Crippen LogP contribution is 2.26. The minimum absolute atomic E-state index is 0.179. The van der Waals surface area contributed by atoms with Crippen LogP contribution in [0.25, 0.3) is 0 Å². The summed E-state index contributed by atoms with van der Waals surface area (Å²) in [6, 6.07) is 6.64. The summed E-state index contributed by atoms with van der Waals surface area (Å²) in [5.74, 6) is 0.207. The average molecular weight is 361 g/mol. The Kier molecular flexibility index (Phi) is 5.94. The fraction of sp³-hybridized carbons (Fsp3) is 0.294. The van der Waals surface area contributed by atoms with Crippen molar-refractivity contribution >= 4 is 23.3 Å². The van der Waals surface area contributed by atoms with Crippen LogP contribution in [-0.2, 0) is 4.74 Å². The molecule has 2 rings (SSSR count). The number of hydrogen-bond acceptors (Lipinski definition) is 8. The Hall–Kier alpha value is -3.36. The lowest BCUT2D eigenvalue weighted by Crippen LogP contribution is -2.18. The van der Waals surface area contributed by atoms with Crippen LogP contribution in [-0.4, -0.2) is 60.0 Å². The summed E-state index contributed by atoms with van der Waals surface area (Å²) in [6.07, 6.45) is 0. The molecule has 26 heavy (non-hydrogen) atoms. The summed E-state index contributed by atoms with van der Waals surface area (Å²) < 4.78 is 16.1. The Labute approximate surface area is 150 Å². The van der Waals surface area contributed by atoms with E-state index in [0.29, 0.717) is 28.7 Å². The summed E-state index contributed by atoms with van der Waals surface area (Å²) in [4.78, 5) is 20.7. The van der Waals surface area contributed by atoms with Gasteiger partial charge in [0.05, 0.1) is 44.2 Å². The normalized spacial score (nSPS) is 11.4. The Morgan fingerprint density at radius 3 is 2.27 bits per heavy atom. The number of methoxy groups -OCH3 is 3. The van der Waals surface area contributed by atoms with E-state index in [9.17, 15) is 10.0 Å². The summed E-state index contributed by atoms with van der Waals surface area (Å²) in [7, 11) is 5.70. The summed E-state index contributed by atoms with van der Waals surface area (Å²) in [6.45, 7) is 1.68. The zero-order valence-corrected chi connectivity index (χ0v) is 15.2. The van der Waals surface area contributed by atoms with Crippen molar-refractivity contribution in [3.8, 4) is 11.8 Å². The van der Waals surface area contributed by atoms with Gasteiger partial charge < -0.3 is 19.5 Å². The second-order valence-electron chi connectivity index (χ2n) is 5.23. The number of nitrogens with zero attached hydrogens (tertiary/aromatic N) is 3. The van der Waals surface area contributed by atoms with Gasteiger partial charge in [0.15, 0.2) is 7.05 Å². The summed E-state index contributed by atoms with van der Waals surface area (Å²) >= 11 is 0. The van der Waals surface area contributed by atoms with Crippen molar-refractivity contribution in [1.29, 1.82) is 0 Å². The number of hydrogen-bond donors (Lipinski definition) is 2. The molecule has 0 aliphatic heterocycles. The van der Waals surface area contributed by atoms with Gasteiger partial charge in [0, 0.05) is 6.92 Å². The van der Waals surface area contributed by atoms with Gasteiger partial charge in [-0.05, 0) is 16.9 Å². The van der Waals surface area contributed by atoms with Crippen LogP contribution in [0.3, 0.4) is 0 Å². The number of rotatable bonds is 6. The minimum Gasteiger partial charge on any atom is -0.481 e. The zero-order chi connectivity index (χ0) is 19.3. The largest absolute Gasteiger partial charge is 0.481 e. The molecule has 2 N–H and O–H groups in total. The zero-order valence-electron chi connectivity index (χ0n) is 15.2. The Balaban J connectivity index is 2.58. The molecule has 2 aromatic rings. The fourth-order valence-corrected chi connectivity index (χ4v) is 2.24. The molecule has 0 saturated carbocycles. The number of esters is 1. The van der Waals surface area contributed by atoms with Crippen LogP contribution in [0.5, 0.6) is 11.8 Å². The highest BCUT2D eigenvalue weighted by atomic mass is 16.5. The van der Waals surface area contributed by atoms with E-state index in [-0.39, 0.29) is 11.5 Å². The third kappa shape index (κ3) is 4.00. The molecule has 1 aromatic heterocycles. The topological polar surface area (TPSA) is 106 Å². The second-order valence-corrected chi connectivity index (χ2v) is 5.23. The smallest absolute Gasteiger partial charge is 0.340 e. The molecule has 0 aliphatic carbocycles. The number of hydroxylamine groups is 1. The second kappa shape index (κ2) is 8.15. The molecular weight excluding hydrogens is 340 g/mol. The molecule has 1 aromatic carbocycles. The van der Waals surface area contributed by atoms with Crippen LogP contribution >= 0.6 is 0 Å². The maximum Gasteiger partial charge on any atom is 0.340 e. The van der Waals surface area contributed by atoms with Crippen molar-refractivity contribution in [1.82, 2.24) is 9.97 Å². The van der Waals surface area contributed by atoms with Crippen LogP contribution in [0, 0.1) is 0 Å². The monoisotopic (exact) mass is 361 g/mol. The van der Waals surface area contributed by atoms with Crippen LogP contribution in [0.1, 0.15) is 22.8 Å². The molecule has 9 heteroatoms. The first-order chi connectivity index (χ1) is 12.4. The maximum absolute atomic E-state index is 12.4. The molecule has 0 radical (unpaired) electrons. The Bertz CT molecular complexity index is 825. The number of carbonyl (C=O) groups excluding carboxylic acids is 1. The first kappa shape index (κ1) is 19.0. The summed E-state index contributed by atoms with van der Waals surface area (Å²) in [5, 5.41) is 12.7.